The lowest BCUT2D eigenvalue weighted by Gasteiger charge is -2.11. The van der Waals surface area contributed by atoms with E-state index in [0.29, 0.717) is 17.0 Å². The number of carbonyl (C=O) groups is 3. The van der Waals surface area contributed by atoms with Crippen molar-refractivity contribution < 1.29 is 23.9 Å². The highest BCUT2D eigenvalue weighted by molar-refractivity contribution is 5.96. The molecule has 6 nitrogen and oxygen atoms in total. The first-order valence-electron chi connectivity index (χ1n) is 9.75. The monoisotopic (exact) mass is 417 g/mol. The van der Waals surface area contributed by atoms with Crippen LogP contribution in [0.5, 0.6) is 5.75 Å². The van der Waals surface area contributed by atoms with Gasteiger partial charge in [-0.1, -0.05) is 36.4 Å². The Balaban J connectivity index is 1.57. The topological polar surface area (TPSA) is 81.7 Å². The van der Waals surface area contributed by atoms with Crippen LogP contribution >= 0.6 is 0 Å². The zero-order valence-electron chi connectivity index (χ0n) is 17.6. The average molecular weight is 417 g/mol. The van der Waals surface area contributed by atoms with E-state index < -0.39 is 11.9 Å². The zero-order chi connectivity index (χ0) is 22.4. The summed E-state index contributed by atoms with van der Waals surface area (Å²) in [5.41, 5.74) is 4.88. The summed E-state index contributed by atoms with van der Waals surface area (Å²) in [5, 5.41) is 2.76. The van der Waals surface area contributed by atoms with Crippen LogP contribution in [0.3, 0.4) is 0 Å². The molecule has 0 saturated heterocycles. The lowest BCUT2D eigenvalue weighted by molar-refractivity contribution is -0.131. The van der Waals surface area contributed by atoms with E-state index in [1.54, 1.807) is 42.5 Å². The van der Waals surface area contributed by atoms with Crippen LogP contribution in [0.25, 0.3) is 11.1 Å². The predicted octanol–water partition coefficient (Wildman–Crippen LogP) is 4.69. The highest BCUT2D eigenvalue weighted by Crippen LogP contribution is 2.23. The molecule has 0 aliphatic heterocycles. The van der Waals surface area contributed by atoms with Crippen molar-refractivity contribution in [1.29, 1.82) is 0 Å². The van der Waals surface area contributed by atoms with Crippen LogP contribution in [0, 0.1) is 13.8 Å². The molecule has 0 aromatic heterocycles. The van der Waals surface area contributed by atoms with Crippen LogP contribution in [-0.2, 0) is 14.3 Å². The molecule has 0 spiro atoms. The molecule has 0 bridgehead atoms. The van der Waals surface area contributed by atoms with Gasteiger partial charge in [0.05, 0.1) is 5.56 Å². The Morgan fingerprint density at radius 2 is 1.45 bits per heavy atom. The second-order valence-electron chi connectivity index (χ2n) is 7.07. The van der Waals surface area contributed by atoms with Gasteiger partial charge in [0.15, 0.2) is 6.61 Å². The number of esters is 2. The van der Waals surface area contributed by atoms with Crippen LogP contribution in [0.15, 0.2) is 66.7 Å². The van der Waals surface area contributed by atoms with Gasteiger partial charge in [-0.05, 0) is 66.4 Å². The van der Waals surface area contributed by atoms with Gasteiger partial charge in [0.25, 0.3) is 5.91 Å². The molecular weight excluding hydrogens is 394 g/mol. The van der Waals surface area contributed by atoms with E-state index in [2.05, 4.69) is 5.32 Å². The summed E-state index contributed by atoms with van der Waals surface area (Å²) in [4.78, 5) is 35.4. The van der Waals surface area contributed by atoms with Crippen molar-refractivity contribution in [3.05, 3.63) is 83.4 Å². The normalized spacial score (nSPS) is 10.3. The summed E-state index contributed by atoms with van der Waals surface area (Å²) in [6.07, 6.45) is 0. The summed E-state index contributed by atoms with van der Waals surface area (Å²) in [7, 11) is 0. The van der Waals surface area contributed by atoms with E-state index in [1.165, 1.54) is 6.92 Å². The van der Waals surface area contributed by atoms with Gasteiger partial charge in [-0.15, -0.1) is 0 Å². The molecule has 0 aliphatic rings. The van der Waals surface area contributed by atoms with Crippen LogP contribution in [0.1, 0.15) is 28.4 Å². The van der Waals surface area contributed by atoms with Crippen molar-refractivity contribution >= 4 is 23.5 Å². The van der Waals surface area contributed by atoms with E-state index in [-0.39, 0.29) is 12.6 Å². The number of nitrogens with one attached hydrogen (secondary N) is 1. The minimum atomic E-state index is -0.576. The molecule has 0 atom stereocenters. The quantitative estimate of drug-likeness (QED) is 0.465. The van der Waals surface area contributed by atoms with E-state index in [0.717, 1.165) is 22.3 Å². The molecule has 0 saturated carbocycles. The average Bonchev–Trinajstić information content (AvgIpc) is 2.75. The summed E-state index contributed by atoms with van der Waals surface area (Å²) < 4.78 is 10.1. The number of anilines is 1. The maximum Gasteiger partial charge on any atom is 0.338 e. The molecule has 1 amide bonds. The van der Waals surface area contributed by atoms with E-state index in [9.17, 15) is 14.4 Å². The fourth-order valence-corrected chi connectivity index (χ4v) is 2.97. The number of amides is 1. The maximum atomic E-state index is 12.3. The van der Waals surface area contributed by atoms with Crippen molar-refractivity contribution in [3.63, 3.8) is 0 Å². The van der Waals surface area contributed by atoms with Gasteiger partial charge in [-0.2, -0.15) is 0 Å². The van der Waals surface area contributed by atoms with Crippen molar-refractivity contribution in [1.82, 2.24) is 0 Å². The lowest BCUT2D eigenvalue weighted by atomic mass is 10.0. The second kappa shape index (κ2) is 9.71. The number of rotatable bonds is 6. The standard InChI is InChI=1S/C25H23NO5/c1-16-5-4-6-23(17(16)2)26-24(28)15-30-25(29)21-9-7-19(8-10-21)20-11-13-22(14-12-20)31-18(3)27/h4-14H,15H2,1-3H3,(H,26,28). The zero-order valence-corrected chi connectivity index (χ0v) is 17.6. The first kappa shape index (κ1) is 21.8. The Bertz CT molecular complexity index is 1100. The molecule has 3 rings (SSSR count). The lowest BCUT2D eigenvalue weighted by Crippen LogP contribution is -2.21. The van der Waals surface area contributed by atoms with Crippen LogP contribution < -0.4 is 10.1 Å². The molecule has 158 valence electrons. The number of carbonyl (C=O) groups excluding carboxylic acids is 3. The number of hydrogen-bond donors (Lipinski definition) is 1. The smallest absolute Gasteiger partial charge is 0.338 e. The maximum absolute atomic E-state index is 12.3. The van der Waals surface area contributed by atoms with Crippen molar-refractivity contribution in [2.24, 2.45) is 0 Å². The molecule has 1 N–H and O–H groups in total. The third kappa shape index (κ3) is 5.79. The number of ether oxygens (including phenoxy) is 2. The van der Waals surface area contributed by atoms with Crippen molar-refractivity contribution in [3.8, 4) is 16.9 Å². The minimum Gasteiger partial charge on any atom is -0.452 e. The molecule has 6 heteroatoms. The van der Waals surface area contributed by atoms with E-state index in [1.807, 2.05) is 38.1 Å². The Labute approximate surface area is 180 Å². The van der Waals surface area contributed by atoms with Crippen LogP contribution in [-0.4, -0.2) is 24.5 Å². The third-order valence-corrected chi connectivity index (χ3v) is 4.78. The van der Waals surface area contributed by atoms with Crippen molar-refractivity contribution in [2.45, 2.75) is 20.8 Å². The van der Waals surface area contributed by atoms with Gasteiger partial charge >= 0.3 is 11.9 Å². The van der Waals surface area contributed by atoms with Gasteiger partial charge in [-0.3, -0.25) is 9.59 Å². The molecular formula is C25H23NO5. The summed E-state index contributed by atoms with van der Waals surface area (Å²) in [6, 6.07) is 19.5. The molecule has 3 aromatic carbocycles. The highest BCUT2D eigenvalue weighted by Gasteiger charge is 2.12. The molecule has 0 aliphatic carbocycles. The Morgan fingerprint density at radius 1 is 0.839 bits per heavy atom. The van der Waals surface area contributed by atoms with Gasteiger partial charge in [0.2, 0.25) is 0 Å². The third-order valence-electron chi connectivity index (χ3n) is 4.78. The molecule has 0 unspecified atom stereocenters. The fourth-order valence-electron chi connectivity index (χ4n) is 2.97. The van der Waals surface area contributed by atoms with E-state index >= 15 is 0 Å². The number of aryl methyl sites for hydroxylation is 1. The van der Waals surface area contributed by atoms with Gasteiger partial charge in [0, 0.05) is 12.6 Å². The summed E-state index contributed by atoms with van der Waals surface area (Å²) >= 11 is 0. The highest BCUT2D eigenvalue weighted by atomic mass is 16.5. The van der Waals surface area contributed by atoms with Gasteiger partial charge in [0.1, 0.15) is 5.75 Å². The van der Waals surface area contributed by atoms with Gasteiger partial charge < -0.3 is 14.8 Å². The SMILES string of the molecule is CC(=O)Oc1ccc(-c2ccc(C(=O)OCC(=O)Nc3cccc(C)c3C)cc2)cc1. The van der Waals surface area contributed by atoms with E-state index in [4.69, 9.17) is 9.47 Å². The Hall–Kier alpha value is -3.93. The first-order valence-corrected chi connectivity index (χ1v) is 9.75. The first-order chi connectivity index (χ1) is 14.8. The Morgan fingerprint density at radius 3 is 2.06 bits per heavy atom. The van der Waals surface area contributed by atoms with Crippen molar-refractivity contribution in [2.75, 3.05) is 11.9 Å². The number of benzene rings is 3. The fraction of sp³-hybridized carbons (Fsp3) is 0.160. The van der Waals surface area contributed by atoms with Crippen LogP contribution in [0.4, 0.5) is 5.69 Å². The van der Waals surface area contributed by atoms with Gasteiger partial charge in [-0.25, -0.2) is 4.79 Å². The Kier molecular flexibility index (Phi) is 6.82. The molecule has 0 fully saturated rings. The molecule has 0 heterocycles. The summed E-state index contributed by atoms with van der Waals surface area (Å²) in [5.74, 6) is -0.881. The molecule has 31 heavy (non-hydrogen) atoms. The predicted molar refractivity (Wildman–Crippen MR) is 118 cm³/mol. The number of hydrogen-bond acceptors (Lipinski definition) is 5. The second-order valence-corrected chi connectivity index (χ2v) is 7.07. The summed E-state index contributed by atoms with van der Waals surface area (Å²) in [6.45, 7) is 4.86. The van der Waals surface area contributed by atoms with Crippen LogP contribution in [0.2, 0.25) is 0 Å². The minimum absolute atomic E-state index is 0.347. The molecule has 3 aromatic rings. The molecule has 0 radical (unpaired) electrons. The largest absolute Gasteiger partial charge is 0.452 e.